The van der Waals surface area contributed by atoms with Crippen molar-refractivity contribution in [3.63, 3.8) is 0 Å². The smallest absolute Gasteiger partial charge is 0.176 e. The highest BCUT2D eigenvalue weighted by atomic mass is 32.1. The number of likely N-dealkylation sites (tertiary alicyclic amines) is 1. The zero-order valence-corrected chi connectivity index (χ0v) is 17.5. The van der Waals surface area contributed by atoms with Gasteiger partial charge in [0.2, 0.25) is 0 Å². The van der Waals surface area contributed by atoms with Gasteiger partial charge < -0.3 is 10.2 Å². The molecule has 8 heteroatoms. The van der Waals surface area contributed by atoms with Crippen molar-refractivity contribution in [2.45, 2.75) is 25.7 Å². The monoisotopic (exact) mass is 430 g/mol. The van der Waals surface area contributed by atoms with Crippen molar-refractivity contribution in [3.05, 3.63) is 46.4 Å². The average molecular weight is 431 g/mol. The standard InChI is InChI=1S/C21H20F2N4S2/c1-2-27-7-3-4-12(10-27)16-8-13-15(5-6-24-21(13)29-16)26-19-14(22)9-17-20(18(19)23)25-11-28-17/h5-6,8-9,11-12H,2-4,7,10H2,1H3,(H,24,26). The Morgan fingerprint density at radius 1 is 1.28 bits per heavy atom. The van der Waals surface area contributed by atoms with Crippen LogP contribution in [0.25, 0.3) is 20.4 Å². The lowest BCUT2D eigenvalue weighted by Gasteiger charge is -2.31. The molecule has 1 aromatic carbocycles. The van der Waals surface area contributed by atoms with Crippen molar-refractivity contribution in [2.75, 3.05) is 25.0 Å². The summed E-state index contributed by atoms with van der Waals surface area (Å²) in [6.07, 6.45) is 4.03. The van der Waals surface area contributed by atoms with Crippen LogP contribution in [-0.2, 0) is 0 Å². The third kappa shape index (κ3) is 3.39. The molecule has 1 aliphatic heterocycles. The summed E-state index contributed by atoms with van der Waals surface area (Å²) in [4.78, 5) is 13.2. The van der Waals surface area contributed by atoms with Crippen LogP contribution in [0.1, 0.15) is 30.6 Å². The third-order valence-electron chi connectivity index (χ3n) is 5.59. The lowest BCUT2D eigenvalue weighted by molar-refractivity contribution is 0.219. The summed E-state index contributed by atoms with van der Waals surface area (Å²) in [5.41, 5.74) is 2.21. The van der Waals surface area contributed by atoms with E-state index < -0.39 is 11.6 Å². The SMILES string of the molecule is CCN1CCCC(c2cc3c(Nc4c(F)cc5scnc5c4F)ccnc3s2)C1. The molecule has 1 atom stereocenters. The van der Waals surface area contributed by atoms with Gasteiger partial charge in [-0.15, -0.1) is 22.7 Å². The predicted molar refractivity (Wildman–Crippen MR) is 117 cm³/mol. The number of hydrogen-bond acceptors (Lipinski definition) is 6. The van der Waals surface area contributed by atoms with Crippen molar-refractivity contribution in [2.24, 2.45) is 0 Å². The highest BCUT2D eigenvalue weighted by molar-refractivity contribution is 7.18. The zero-order valence-electron chi connectivity index (χ0n) is 15.9. The van der Waals surface area contributed by atoms with Crippen LogP contribution < -0.4 is 5.32 Å². The number of piperidine rings is 1. The van der Waals surface area contributed by atoms with E-state index in [2.05, 4.69) is 33.2 Å². The average Bonchev–Trinajstić information content (AvgIpc) is 3.38. The van der Waals surface area contributed by atoms with E-state index in [1.165, 1.54) is 34.2 Å². The number of thiophene rings is 1. The number of rotatable bonds is 4. The number of pyridine rings is 1. The second kappa shape index (κ2) is 7.59. The molecule has 1 aliphatic rings. The third-order valence-corrected chi connectivity index (χ3v) is 7.57. The minimum Gasteiger partial charge on any atom is -0.350 e. The van der Waals surface area contributed by atoms with Crippen LogP contribution in [0.3, 0.4) is 0 Å². The van der Waals surface area contributed by atoms with Gasteiger partial charge in [0.15, 0.2) is 11.6 Å². The Morgan fingerprint density at radius 2 is 2.17 bits per heavy atom. The van der Waals surface area contributed by atoms with Crippen LogP contribution >= 0.6 is 22.7 Å². The molecule has 1 N–H and O–H groups in total. The zero-order chi connectivity index (χ0) is 20.0. The number of nitrogens with one attached hydrogen (secondary N) is 1. The first kappa shape index (κ1) is 18.8. The fourth-order valence-corrected chi connectivity index (χ4v) is 5.87. The van der Waals surface area contributed by atoms with Gasteiger partial charge in [-0.3, -0.25) is 0 Å². The summed E-state index contributed by atoms with van der Waals surface area (Å²) in [6, 6.07) is 5.23. The van der Waals surface area contributed by atoms with Crippen molar-refractivity contribution < 1.29 is 8.78 Å². The molecule has 1 unspecified atom stereocenters. The molecule has 29 heavy (non-hydrogen) atoms. The fourth-order valence-electron chi connectivity index (χ4n) is 4.03. The Bertz CT molecular complexity index is 1190. The topological polar surface area (TPSA) is 41.0 Å². The summed E-state index contributed by atoms with van der Waals surface area (Å²) in [5, 5.41) is 3.87. The lowest BCUT2D eigenvalue weighted by atomic mass is 9.96. The van der Waals surface area contributed by atoms with Gasteiger partial charge in [-0.2, -0.15) is 0 Å². The summed E-state index contributed by atoms with van der Waals surface area (Å²) in [6.45, 7) is 5.46. The van der Waals surface area contributed by atoms with E-state index in [4.69, 9.17) is 0 Å². The Hall–Kier alpha value is -2.16. The molecule has 5 rings (SSSR count). The normalized spacial score (nSPS) is 18.0. The van der Waals surface area contributed by atoms with Crippen LogP contribution in [0, 0.1) is 11.6 Å². The molecular formula is C21H20F2N4S2. The van der Waals surface area contributed by atoms with Gasteiger partial charge >= 0.3 is 0 Å². The second-order valence-electron chi connectivity index (χ2n) is 7.33. The van der Waals surface area contributed by atoms with Crippen LogP contribution in [0.5, 0.6) is 0 Å². The molecular weight excluding hydrogens is 410 g/mol. The van der Waals surface area contributed by atoms with E-state index in [-0.39, 0.29) is 11.2 Å². The number of fused-ring (bicyclic) bond motifs is 2. The first-order chi connectivity index (χ1) is 14.1. The number of nitrogens with zero attached hydrogens (tertiary/aromatic N) is 3. The molecule has 0 bridgehead atoms. The number of likely N-dealkylation sites (N-methyl/N-ethyl adjacent to an activating group) is 1. The van der Waals surface area contributed by atoms with Crippen LogP contribution in [0.4, 0.5) is 20.2 Å². The van der Waals surface area contributed by atoms with E-state index in [9.17, 15) is 8.78 Å². The van der Waals surface area contributed by atoms with Crippen molar-refractivity contribution in [1.82, 2.24) is 14.9 Å². The maximum atomic E-state index is 14.9. The molecule has 0 amide bonds. The van der Waals surface area contributed by atoms with Crippen molar-refractivity contribution in [1.29, 1.82) is 0 Å². The van der Waals surface area contributed by atoms with E-state index in [1.807, 2.05) is 0 Å². The summed E-state index contributed by atoms with van der Waals surface area (Å²) in [7, 11) is 0. The number of thiazole rings is 1. The first-order valence-electron chi connectivity index (χ1n) is 9.73. The van der Waals surface area contributed by atoms with Gasteiger partial charge in [0.05, 0.1) is 15.9 Å². The first-order valence-corrected chi connectivity index (χ1v) is 11.4. The molecule has 4 heterocycles. The van der Waals surface area contributed by atoms with Gasteiger partial charge in [-0.05, 0) is 44.1 Å². The summed E-state index contributed by atoms with van der Waals surface area (Å²) in [5.74, 6) is -0.798. The molecule has 0 radical (unpaired) electrons. The molecule has 4 aromatic rings. The van der Waals surface area contributed by atoms with Gasteiger partial charge in [-0.1, -0.05) is 6.92 Å². The second-order valence-corrected chi connectivity index (χ2v) is 9.28. The quantitative estimate of drug-likeness (QED) is 0.423. The van der Waals surface area contributed by atoms with Crippen molar-refractivity contribution >= 4 is 54.5 Å². The van der Waals surface area contributed by atoms with E-state index >= 15 is 0 Å². The number of halogens is 2. The van der Waals surface area contributed by atoms with Gasteiger partial charge in [0, 0.05) is 28.9 Å². The van der Waals surface area contributed by atoms with E-state index in [0.29, 0.717) is 16.3 Å². The maximum Gasteiger partial charge on any atom is 0.176 e. The minimum absolute atomic E-state index is 0.168. The Balaban J connectivity index is 1.52. The maximum absolute atomic E-state index is 14.9. The highest BCUT2D eigenvalue weighted by Crippen LogP contribution is 2.39. The van der Waals surface area contributed by atoms with Crippen LogP contribution in [0.15, 0.2) is 29.9 Å². The van der Waals surface area contributed by atoms with Gasteiger partial charge in [-0.25, -0.2) is 18.7 Å². The van der Waals surface area contributed by atoms with Crippen molar-refractivity contribution in [3.8, 4) is 0 Å². The minimum atomic E-state index is -0.660. The number of hydrogen-bond donors (Lipinski definition) is 1. The molecule has 0 aliphatic carbocycles. The summed E-state index contributed by atoms with van der Waals surface area (Å²) < 4.78 is 29.9. The molecule has 0 saturated carbocycles. The molecule has 1 fully saturated rings. The highest BCUT2D eigenvalue weighted by Gasteiger charge is 2.23. The summed E-state index contributed by atoms with van der Waals surface area (Å²) >= 11 is 2.90. The molecule has 0 spiro atoms. The lowest BCUT2D eigenvalue weighted by Crippen LogP contribution is -2.33. The predicted octanol–water partition coefficient (Wildman–Crippen LogP) is 6.13. The van der Waals surface area contributed by atoms with Gasteiger partial charge in [0.1, 0.15) is 16.0 Å². The molecule has 1 saturated heterocycles. The number of benzene rings is 1. The number of aromatic nitrogens is 2. The fraction of sp³-hybridized carbons (Fsp3) is 0.333. The van der Waals surface area contributed by atoms with E-state index in [1.54, 1.807) is 23.6 Å². The number of anilines is 2. The largest absolute Gasteiger partial charge is 0.350 e. The molecule has 4 nitrogen and oxygen atoms in total. The van der Waals surface area contributed by atoms with Crippen LogP contribution in [0.2, 0.25) is 0 Å². The van der Waals surface area contributed by atoms with Crippen LogP contribution in [-0.4, -0.2) is 34.5 Å². The Morgan fingerprint density at radius 3 is 3.03 bits per heavy atom. The molecule has 3 aromatic heterocycles. The Labute approximate surface area is 175 Å². The Kier molecular flexibility index (Phi) is 4.93. The molecule has 150 valence electrons. The van der Waals surface area contributed by atoms with Gasteiger partial charge in [0.25, 0.3) is 0 Å². The van der Waals surface area contributed by atoms with E-state index in [0.717, 1.165) is 36.3 Å².